The Balaban J connectivity index is 1.76. The molecule has 1 saturated carbocycles. The molecule has 0 aromatic heterocycles. The van der Waals surface area contributed by atoms with E-state index in [2.05, 4.69) is 11.8 Å². The number of carboxylic acid groups (broad SMARTS) is 1. The average Bonchev–Trinajstić information content (AvgIpc) is 2.94. The molecule has 4 N–H and O–H groups in total. The highest BCUT2D eigenvalue weighted by molar-refractivity contribution is 5.66. The zero-order valence-electron chi connectivity index (χ0n) is 16.3. The Morgan fingerprint density at radius 3 is 2.32 bits per heavy atom. The van der Waals surface area contributed by atoms with Crippen LogP contribution in [0.15, 0.2) is 30.3 Å². The molecule has 5 atom stereocenters. The maximum absolute atomic E-state index is 10.5. The fourth-order valence-corrected chi connectivity index (χ4v) is 4.10. The predicted molar refractivity (Wildman–Crippen MR) is 108 cm³/mol. The number of benzene rings is 1. The number of carbonyl (C=O) groups is 1. The quantitative estimate of drug-likeness (QED) is 0.365. The van der Waals surface area contributed by atoms with Gasteiger partial charge < -0.3 is 20.4 Å². The van der Waals surface area contributed by atoms with Crippen LogP contribution in [0.4, 0.5) is 0 Å². The van der Waals surface area contributed by atoms with Gasteiger partial charge in [0.25, 0.3) is 0 Å². The van der Waals surface area contributed by atoms with Gasteiger partial charge in [-0.2, -0.15) is 0 Å². The van der Waals surface area contributed by atoms with Crippen molar-refractivity contribution < 1.29 is 25.2 Å². The Labute approximate surface area is 167 Å². The summed E-state index contributed by atoms with van der Waals surface area (Å²) in [5, 5.41) is 39.4. The molecule has 28 heavy (non-hydrogen) atoms. The first kappa shape index (κ1) is 22.4. The lowest BCUT2D eigenvalue weighted by atomic mass is 9.85. The number of hydrogen-bond acceptors (Lipinski definition) is 4. The van der Waals surface area contributed by atoms with Crippen LogP contribution in [0.1, 0.15) is 63.4 Å². The fraction of sp³-hybridized carbons (Fsp3) is 0.609. The number of hydrogen-bond donors (Lipinski definition) is 4. The third-order valence-corrected chi connectivity index (χ3v) is 5.63. The van der Waals surface area contributed by atoms with Crippen molar-refractivity contribution in [3.05, 3.63) is 35.9 Å². The molecule has 2 rings (SSSR count). The molecular weight excluding hydrogens is 356 g/mol. The minimum absolute atomic E-state index is 0.0257. The number of aliphatic hydroxyl groups excluding tert-OH is 3. The lowest BCUT2D eigenvalue weighted by molar-refractivity contribution is -0.137. The summed E-state index contributed by atoms with van der Waals surface area (Å²) < 4.78 is 0. The van der Waals surface area contributed by atoms with Gasteiger partial charge >= 0.3 is 5.97 Å². The van der Waals surface area contributed by atoms with Crippen molar-refractivity contribution in [2.24, 2.45) is 11.8 Å². The molecule has 1 aromatic rings. The fourth-order valence-electron chi connectivity index (χ4n) is 4.10. The van der Waals surface area contributed by atoms with Crippen molar-refractivity contribution in [2.75, 3.05) is 0 Å². The van der Waals surface area contributed by atoms with Crippen molar-refractivity contribution in [1.82, 2.24) is 0 Å². The first-order chi connectivity index (χ1) is 13.5. The molecule has 1 aliphatic carbocycles. The van der Waals surface area contributed by atoms with Gasteiger partial charge in [0.05, 0.1) is 12.2 Å². The summed E-state index contributed by atoms with van der Waals surface area (Å²) in [7, 11) is 0. The second-order valence-corrected chi connectivity index (χ2v) is 7.77. The van der Waals surface area contributed by atoms with Crippen LogP contribution in [0, 0.1) is 23.7 Å². The van der Waals surface area contributed by atoms with Crippen molar-refractivity contribution >= 4 is 5.97 Å². The third-order valence-electron chi connectivity index (χ3n) is 5.63. The summed E-state index contributed by atoms with van der Waals surface area (Å²) in [5.41, 5.74) is 0.860. The summed E-state index contributed by atoms with van der Waals surface area (Å²) in [6.07, 6.45) is 4.13. The smallest absolute Gasteiger partial charge is 0.303 e. The van der Waals surface area contributed by atoms with E-state index in [0.29, 0.717) is 25.7 Å². The van der Waals surface area contributed by atoms with Crippen LogP contribution in [0.25, 0.3) is 0 Å². The number of aliphatic hydroxyl groups is 3. The Morgan fingerprint density at radius 2 is 1.64 bits per heavy atom. The molecule has 0 radical (unpaired) electrons. The van der Waals surface area contributed by atoms with Crippen molar-refractivity contribution in [3.63, 3.8) is 0 Å². The number of unbranched alkanes of at least 4 members (excludes halogenated alkanes) is 3. The van der Waals surface area contributed by atoms with E-state index in [-0.39, 0.29) is 18.3 Å². The van der Waals surface area contributed by atoms with E-state index >= 15 is 0 Å². The Hall–Kier alpha value is -1.87. The van der Waals surface area contributed by atoms with Crippen molar-refractivity contribution in [2.45, 2.75) is 76.1 Å². The molecular formula is C23H32O5. The van der Waals surface area contributed by atoms with E-state index in [1.165, 1.54) is 0 Å². The highest BCUT2D eigenvalue weighted by atomic mass is 16.4. The summed E-state index contributed by atoms with van der Waals surface area (Å²) in [4.78, 5) is 10.5. The van der Waals surface area contributed by atoms with Crippen LogP contribution in [-0.2, 0) is 4.79 Å². The second kappa shape index (κ2) is 11.9. The predicted octanol–water partition coefficient (Wildman–Crippen LogP) is 2.96. The monoisotopic (exact) mass is 388 g/mol. The highest BCUT2D eigenvalue weighted by Crippen LogP contribution is 2.39. The molecule has 0 saturated heterocycles. The summed E-state index contributed by atoms with van der Waals surface area (Å²) in [5.74, 6) is 5.06. The van der Waals surface area contributed by atoms with Crippen LogP contribution in [0.3, 0.4) is 0 Å². The van der Waals surface area contributed by atoms with Crippen LogP contribution in [0.5, 0.6) is 0 Å². The minimum Gasteiger partial charge on any atom is -0.481 e. The van der Waals surface area contributed by atoms with Gasteiger partial charge in [-0.15, -0.1) is 0 Å². The van der Waals surface area contributed by atoms with Crippen LogP contribution < -0.4 is 0 Å². The molecule has 0 heterocycles. The maximum atomic E-state index is 10.5. The lowest BCUT2D eigenvalue weighted by Gasteiger charge is -2.24. The van der Waals surface area contributed by atoms with Crippen LogP contribution >= 0.6 is 0 Å². The highest BCUT2D eigenvalue weighted by Gasteiger charge is 2.40. The molecule has 0 spiro atoms. The largest absolute Gasteiger partial charge is 0.481 e. The molecule has 1 aliphatic rings. The lowest BCUT2D eigenvalue weighted by Crippen LogP contribution is -2.23. The molecule has 1 aromatic carbocycles. The Bertz CT molecular complexity index is 648. The first-order valence-electron chi connectivity index (χ1n) is 10.3. The van der Waals surface area contributed by atoms with Crippen molar-refractivity contribution in [1.29, 1.82) is 0 Å². The van der Waals surface area contributed by atoms with Gasteiger partial charge in [-0.05, 0) is 56.1 Å². The molecule has 0 unspecified atom stereocenters. The van der Waals surface area contributed by atoms with Gasteiger partial charge in [0.2, 0.25) is 0 Å². The molecule has 5 heteroatoms. The molecule has 5 nitrogen and oxygen atoms in total. The number of carboxylic acids is 1. The minimum atomic E-state index is -0.761. The topological polar surface area (TPSA) is 98.0 Å². The Morgan fingerprint density at radius 1 is 1.00 bits per heavy atom. The van der Waals surface area contributed by atoms with E-state index < -0.39 is 24.3 Å². The van der Waals surface area contributed by atoms with E-state index in [1.807, 2.05) is 30.3 Å². The summed E-state index contributed by atoms with van der Waals surface area (Å²) in [6.45, 7) is 0. The summed E-state index contributed by atoms with van der Waals surface area (Å²) >= 11 is 0. The molecule has 0 bridgehead atoms. The maximum Gasteiger partial charge on any atom is 0.303 e. The van der Waals surface area contributed by atoms with Gasteiger partial charge in [0.1, 0.15) is 6.10 Å². The average molecular weight is 389 g/mol. The third kappa shape index (κ3) is 7.63. The van der Waals surface area contributed by atoms with E-state index in [0.717, 1.165) is 31.2 Å². The zero-order chi connectivity index (χ0) is 20.4. The number of rotatable bonds is 10. The number of aliphatic carboxylic acids is 1. The van der Waals surface area contributed by atoms with Crippen LogP contribution in [0.2, 0.25) is 0 Å². The van der Waals surface area contributed by atoms with E-state index in [4.69, 9.17) is 5.11 Å². The van der Waals surface area contributed by atoms with Crippen LogP contribution in [-0.4, -0.2) is 44.7 Å². The summed E-state index contributed by atoms with van der Waals surface area (Å²) in [6, 6.07) is 9.51. The molecule has 0 aliphatic heterocycles. The second-order valence-electron chi connectivity index (χ2n) is 7.77. The van der Waals surface area contributed by atoms with E-state index in [1.54, 1.807) is 0 Å². The SMILES string of the molecule is O=C(O)CCCCCC[C@@H]1[C@@H](CC[C@@H](O)C#Cc2ccccc2)[C@H](O)C[C@@H]1O. The van der Waals surface area contributed by atoms with E-state index in [9.17, 15) is 20.1 Å². The van der Waals surface area contributed by atoms with Gasteiger partial charge in [0, 0.05) is 12.0 Å². The van der Waals surface area contributed by atoms with Gasteiger partial charge in [0.15, 0.2) is 0 Å². The molecule has 0 amide bonds. The zero-order valence-corrected chi connectivity index (χ0v) is 16.3. The molecule has 1 fully saturated rings. The van der Waals surface area contributed by atoms with Crippen molar-refractivity contribution in [3.8, 4) is 11.8 Å². The van der Waals surface area contributed by atoms with Gasteiger partial charge in [-0.25, -0.2) is 0 Å². The standard InChI is InChI=1S/C23H32O5/c24-18(13-12-17-8-4-3-5-9-17)14-15-20-19(21(25)16-22(20)26)10-6-1-2-7-11-23(27)28/h3-5,8-9,18-22,24-26H,1-2,6-7,10-11,14-16H2,(H,27,28)/t18-,19+,20+,21-,22+/m0/s1. The Kier molecular flexibility index (Phi) is 9.49. The van der Waals surface area contributed by atoms with Gasteiger partial charge in [-0.1, -0.05) is 49.3 Å². The first-order valence-corrected chi connectivity index (χ1v) is 10.3. The molecule has 154 valence electrons. The normalized spacial score (nSPS) is 25.1. The van der Waals surface area contributed by atoms with Gasteiger partial charge in [-0.3, -0.25) is 4.79 Å².